The van der Waals surface area contributed by atoms with E-state index in [1.807, 2.05) is 49.4 Å². The number of piperidine rings is 1. The fourth-order valence-electron chi connectivity index (χ4n) is 3.85. The van der Waals surface area contributed by atoms with Crippen LogP contribution in [-0.4, -0.2) is 66.6 Å². The topological polar surface area (TPSA) is 84.9 Å². The van der Waals surface area contributed by atoms with E-state index in [4.69, 9.17) is 0 Å². The van der Waals surface area contributed by atoms with Crippen LogP contribution >= 0.6 is 0 Å². The zero-order chi connectivity index (χ0) is 22.9. The summed E-state index contributed by atoms with van der Waals surface area (Å²) in [6.07, 6.45) is 2.03. The van der Waals surface area contributed by atoms with Gasteiger partial charge in [-0.05, 0) is 62.5 Å². The molecule has 1 aliphatic rings. The van der Waals surface area contributed by atoms with Gasteiger partial charge in [-0.25, -0.2) is 0 Å². The van der Waals surface area contributed by atoms with E-state index in [1.54, 1.807) is 7.05 Å². The number of para-hydroxylation sites is 1. The van der Waals surface area contributed by atoms with Crippen LogP contribution in [0.15, 0.2) is 48.5 Å². The third-order valence-corrected chi connectivity index (χ3v) is 5.95. The molecule has 0 bridgehead atoms. The number of hydrogen-bond acceptors (Lipinski definition) is 5. The lowest BCUT2D eigenvalue weighted by Gasteiger charge is -2.31. The summed E-state index contributed by atoms with van der Waals surface area (Å²) in [5, 5.41) is 15.4. The van der Waals surface area contributed by atoms with Gasteiger partial charge < -0.3 is 20.6 Å². The third-order valence-electron chi connectivity index (χ3n) is 5.95. The standard InChI is InChI=1S/C25H34N4O3/c1-19-7-9-22(10-8-19)27-24(31)17-28(2)25(32)15-26-23-6-4-3-5-21(23)16-29-13-11-20(18-30)12-14-29/h3-10,20,26,30H,11-18H2,1-2H3,(H,27,31). The number of amides is 2. The first-order valence-electron chi connectivity index (χ1n) is 11.2. The Morgan fingerprint density at radius 2 is 1.78 bits per heavy atom. The van der Waals surface area contributed by atoms with Gasteiger partial charge in [0, 0.05) is 31.6 Å². The van der Waals surface area contributed by atoms with Gasteiger partial charge in [0.05, 0.1) is 13.1 Å². The molecule has 2 aromatic rings. The van der Waals surface area contributed by atoms with Gasteiger partial charge in [0.15, 0.2) is 0 Å². The summed E-state index contributed by atoms with van der Waals surface area (Å²) in [5.74, 6) is 0.0370. The first-order valence-corrected chi connectivity index (χ1v) is 11.2. The van der Waals surface area contributed by atoms with Gasteiger partial charge in [0.25, 0.3) is 0 Å². The molecule has 7 heteroatoms. The maximum atomic E-state index is 12.6. The predicted molar refractivity (Wildman–Crippen MR) is 127 cm³/mol. The maximum absolute atomic E-state index is 12.6. The zero-order valence-corrected chi connectivity index (χ0v) is 19.0. The molecule has 2 amide bonds. The average Bonchev–Trinajstić information content (AvgIpc) is 2.80. The van der Waals surface area contributed by atoms with E-state index in [0.717, 1.165) is 55.0 Å². The lowest BCUT2D eigenvalue weighted by atomic mass is 9.97. The number of carbonyl (C=O) groups is 2. The molecule has 0 saturated carbocycles. The zero-order valence-electron chi connectivity index (χ0n) is 19.0. The molecule has 0 spiro atoms. The molecule has 0 aliphatic carbocycles. The fourth-order valence-corrected chi connectivity index (χ4v) is 3.85. The van der Waals surface area contributed by atoms with E-state index in [-0.39, 0.29) is 31.5 Å². The summed E-state index contributed by atoms with van der Waals surface area (Å²) in [6.45, 7) is 5.12. The molecule has 0 aromatic heterocycles. The number of aryl methyl sites for hydroxylation is 1. The van der Waals surface area contributed by atoms with E-state index in [2.05, 4.69) is 21.6 Å². The van der Waals surface area contributed by atoms with E-state index in [9.17, 15) is 14.7 Å². The molecule has 1 heterocycles. The maximum Gasteiger partial charge on any atom is 0.243 e. The monoisotopic (exact) mass is 438 g/mol. The van der Waals surface area contributed by atoms with Gasteiger partial charge in [-0.1, -0.05) is 35.9 Å². The van der Waals surface area contributed by atoms with Crippen LogP contribution in [0.3, 0.4) is 0 Å². The Morgan fingerprint density at radius 3 is 2.47 bits per heavy atom. The number of aliphatic hydroxyl groups is 1. The predicted octanol–water partition coefficient (Wildman–Crippen LogP) is 2.71. The number of likely N-dealkylation sites (N-methyl/N-ethyl adjacent to an activating group) is 1. The Labute approximate surface area is 190 Å². The largest absolute Gasteiger partial charge is 0.396 e. The van der Waals surface area contributed by atoms with Gasteiger partial charge in [-0.2, -0.15) is 0 Å². The highest BCUT2D eigenvalue weighted by Gasteiger charge is 2.19. The van der Waals surface area contributed by atoms with Crippen LogP contribution in [-0.2, 0) is 16.1 Å². The number of anilines is 2. The molecule has 0 unspecified atom stereocenters. The molecule has 0 atom stereocenters. The molecule has 1 saturated heterocycles. The molecule has 3 N–H and O–H groups in total. The second-order valence-electron chi connectivity index (χ2n) is 8.58. The van der Waals surface area contributed by atoms with Crippen molar-refractivity contribution in [2.45, 2.75) is 26.3 Å². The lowest BCUT2D eigenvalue weighted by molar-refractivity contribution is -0.131. The molecule has 172 valence electrons. The second kappa shape index (κ2) is 11.6. The van der Waals surface area contributed by atoms with Gasteiger partial charge >= 0.3 is 0 Å². The number of benzene rings is 2. The van der Waals surface area contributed by atoms with Crippen LogP contribution in [0.1, 0.15) is 24.0 Å². The van der Waals surface area contributed by atoms with Crippen molar-refractivity contribution in [2.75, 3.05) is 50.5 Å². The highest BCUT2D eigenvalue weighted by atomic mass is 16.3. The van der Waals surface area contributed by atoms with Crippen molar-refractivity contribution < 1.29 is 14.7 Å². The molecule has 1 fully saturated rings. The van der Waals surface area contributed by atoms with Gasteiger partial charge in [-0.15, -0.1) is 0 Å². The number of nitrogens with zero attached hydrogens (tertiary/aromatic N) is 2. The summed E-state index contributed by atoms with van der Waals surface area (Å²) >= 11 is 0. The highest BCUT2D eigenvalue weighted by molar-refractivity contribution is 5.95. The van der Waals surface area contributed by atoms with Crippen molar-refractivity contribution >= 4 is 23.2 Å². The van der Waals surface area contributed by atoms with E-state index in [1.165, 1.54) is 4.90 Å². The summed E-state index contributed by atoms with van der Waals surface area (Å²) in [5.41, 5.74) is 3.91. The molecule has 0 radical (unpaired) electrons. The molecule has 2 aromatic carbocycles. The quantitative estimate of drug-likeness (QED) is 0.561. The van der Waals surface area contributed by atoms with E-state index < -0.39 is 0 Å². The summed E-state index contributed by atoms with van der Waals surface area (Å²) in [6, 6.07) is 15.6. The molecular weight excluding hydrogens is 404 g/mol. The van der Waals surface area contributed by atoms with Crippen LogP contribution in [0.2, 0.25) is 0 Å². The number of hydrogen-bond donors (Lipinski definition) is 3. The second-order valence-corrected chi connectivity index (χ2v) is 8.58. The third kappa shape index (κ3) is 7.07. The van der Waals surface area contributed by atoms with E-state index >= 15 is 0 Å². The van der Waals surface area contributed by atoms with Crippen molar-refractivity contribution in [3.63, 3.8) is 0 Å². The van der Waals surface area contributed by atoms with Crippen LogP contribution in [0.5, 0.6) is 0 Å². The smallest absolute Gasteiger partial charge is 0.243 e. The summed E-state index contributed by atoms with van der Waals surface area (Å²) in [4.78, 5) is 28.6. The van der Waals surface area contributed by atoms with Crippen molar-refractivity contribution in [2.24, 2.45) is 5.92 Å². The van der Waals surface area contributed by atoms with Crippen molar-refractivity contribution in [1.82, 2.24) is 9.80 Å². The van der Waals surface area contributed by atoms with Crippen LogP contribution in [0.25, 0.3) is 0 Å². The Kier molecular flexibility index (Phi) is 8.64. The number of aliphatic hydroxyl groups excluding tert-OH is 1. The molecule has 1 aliphatic heterocycles. The number of rotatable bonds is 9. The number of likely N-dealkylation sites (tertiary alicyclic amines) is 1. The van der Waals surface area contributed by atoms with Crippen molar-refractivity contribution in [3.05, 3.63) is 59.7 Å². The Bertz CT molecular complexity index is 892. The van der Waals surface area contributed by atoms with Crippen LogP contribution in [0.4, 0.5) is 11.4 Å². The number of nitrogens with one attached hydrogen (secondary N) is 2. The minimum atomic E-state index is -0.226. The normalized spacial score (nSPS) is 14.7. The Morgan fingerprint density at radius 1 is 1.09 bits per heavy atom. The molecule has 3 rings (SSSR count). The SMILES string of the molecule is Cc1ccc(NC(=O)CN(C)C(=O)CNc2ccccc2CN2CCC(CO)CC2)cc1. The number of carbonyl (C=O) groups excluding carboxylic acids is 2. The highest BCUT2D eigenvalue weighted by Crippen LogP contribution is 2.22. The van der Waals surface area contributed by atoms with Gasteiger partial charge in [-0.3, -0.25) is 14.5 Å². The molecule has 7 nitrogen and oxygen atoms in total. The van der Waals surface area contributed by atoms with Crippen molar-refractivity contribution in [3.8, 4) is 0 Å². The Hall–Kier alpha value is -2.90. The van der Waals surface area contributed by atoms with Crippen molar-refractivity contribution in [1.29, 1.82) is 0 Å². The summed E-state index contributed by atoms with van der Waals surface area (Å²) < 4.78 is 0. The van der Waals surface area contributed by atoms with Crippen LogP contribution < -0.4 is 10.6 Å². The first kappa shape index (κ1) is 23.8. The lowest BCUT2D eigenvalue weighted by Crippen LogP contribution is -2.38. The molecule has 32 heavy (non-hydrogen) atoms. The van der Waals surface area contributed by atoms with Crippen LogP contribution in [0, 0.1) is 12.8 Å². The van der Waals surface area contributed by atoms with E-state index in [0.29, 0.717) is 5.92 Å². The minimum absolute atomic E-state index is 0.00413. The fraction of sp³-hybridized carbons (Fsp3) is 0.440. The van der Waals surface area contributed by atoms with Gasteiger partial charge in [0.2, 0.25) is 11.8 Å². The first-order chi connectivity index (χ1) is 15.4. The minimum Gasteiger partial charge on any atom is -0.396 e. The average molecular weight is 439 g/mol. The van der Waals surface area contributed by atoms with Gasteiger partial charge in [0.1, 0.15) is 0 Å². The Balaban J connectivity index is 1.47. The summed E-state index contributed by atoms with van der Waals surface area (Å²) in [7, 11) is 1.63. The molecular formula is C25H34N4O3.